The van der Waals surface area contributed by atoms with Crippen molar-refractivity contribution in [2.45, 2.75) is 39.8 Å². The molecule has 0 aliphatic carbocycles. The van der Waals surface area contributed by atoms with Gasteiger partial charge in [0.2, 0.25) is 11.8 Å². The summed E-state index contributed by atoms with van der Waals surface area (Å²) >= 11 is 0. The molecule has 1 aliphatic rings. The molecule has 1 fully saturated rings. The van der Waals surface area contributed by atoms with Gasteiger partial charge >= 0.3 is 0 Å². The fourth-order valence-electron chi connectivity index (χ4n) is 4.14. The average Bonchev–Trinajstić information content (AvgIpc) is 3.24. The fourth-order valence-corrected chi connectivity index (χ4v) is 4.14. The Morgan fingerprint density at radius 3 is 2.66 bits per heavy atom. The van der Waals surface area contributed by atoms with E-state index in [1.54, 1.807) is 13.1 Å². The number of fused-ring (bicyclic) bond motifs is 1. The number of carbonyl (C=O) groups excluding carboxylic acids is 2. The summed E-state index contributed by atoms with van der Waals surface area (Å²) in [5.74, 6) is 1.08. The maximum atomic E-state index is 11.7. The van der Waals surface area contributed by atoms with Crippen molar-refractivity contribution in [3.05, 3.63) is 60.3 Å². The topological polar surface area (TPSA) is 71.5 Å². The van der Waals surface area contributed by atoms with E-state index in [2.05, 4.69) is 40.6 Å². The smallest absolute Gasteiger partial charge is 0.220 e. The Balaban J connectivity index is 1.62. The summed E-state index contributed by atoms with van der Waals surface area (Å²) in [5, 5.41) is 3.84. The minimum atomic E-state index is -0.0958. The van der Waals surface area contributed by atoms with Crippen molar-refractivity contribution in [2.24, 2.45) is 5.92 Å². The first kappa shape index (κ1) is 21.8. The molecule has 6 nitrogen and oxygen atoms in total. The number of nitrogens with one attached hydrogen (secondary N) is 1. The van der Waals surface area contributed by atoms with Gasteiger partial charge in [-0.1, -0.05) is 24.3 Å². The number of rotatable bonds is 7. The minimum absolute atomic E-state index is 0.0762. The summed E-state index contributed by atoms with van der Waals surface area (Å²) in [7, 11) is 0. The summed E-state index contributed by atoms with van der Waals surface area (Å²) in [6.45, 7) is 7.53. The lowest BCUT2D eigenvalue weighted by atomic mass is 10.0. The first-order valence-corrected chi connectivity index (χ1v) is 11.1. The van der Waals surface area contributed by atoms with Crippen LogP contribution in [0.25, 0.3) is 22.0 Å². The highest BCUT2D eigenvalue weighted by Gasteiger charge is 2.28. The predicted octanol–water partition coefficient (Wildman–Crippen LogP) is 4.17. The van der Waals surface area contributed by atoms with E-state index in [1.807, 2.05) is 36.9 Å². The van der Waals surface area contributed by atoms with Gasteiger partial charge in [-0.3, -0.25) is 14.6 Å². The molecular formula is C26H29N3O3. The SMILES string of the molecule is CCN(Cc1ccc(-c2cc(O[C@H](C)C3CNC(=O)C3)c3cccnc3c2)cc1)C(C)=O. The Bertz CT molecular complexity index is 1130. The van der Waals surface area contributed by atoms with Crippen molar-refractivity contribution in [3.63, 3.8) is 0 Å². The quantitative estimate of drug-likeness (QED) is 0.609. The summed E-state index contributed by atoms with van der Waals surface area (Å²) < 4.78 is 6.36. The second-order valence-electron chi connectivity index (χ2n) is 8.37. The molecule has 1 unspecified atom stereocenters. The Morgan fingerprint density at radius 2 is 2.00 bits per heavy atom. The van der Waals surface area contributed by atoms with Crippen molar-refractivity contribution >= 4 is 22.7 Å². The monoisotopic (exact) mass is 431 g/mol. The lowest BCUT2D eigenvalue weighted by Crippen LogP contribution is -2.27. The van der Waals surface area contributed by atoms with Gasteiger partial charge in [0, 0.05) is 50.5 Å². The molecule has 32 heavy (non-hydrogen) atoms. The van der Waals surface area contributed by atoms with Crippen LogP contribution in [0.15, 0.2) is 54.7 Å². The summed E-state index contributed by atoms with van der Waals surface area (Å²) in [4.78, 5) is 29.7. The van der Waals surface area contributed by atoms with Crippen molar-refractivity contribution in [3.8, 4) is 16.9 Å². The summed E-state index contributed by atoms with van der Waals surface area (Å²) in [6, 6.07) is 16.3. The number of hydrogen-bond donors (Lipinski definition) is 1. The van der Waals surface area contributed by atoms with Crippen LogP contribution in [0.2, 0.25) is 0 Å². The molecule has 1 saturated heterocycles. The molecule has 6 heteroatoms. The molecular weight excluding hydrogens is 402 g/mol. The molecule has 0 radical (unpaired) electrons. The van der Waals surface area contributed by atoms with Crippen molar-refractivity contribution < 1.29 is 14.3 Å². The molecule has 3 aromatic rings. The first-order valence-electron chi connectivity index (χ1n) is 11.1. The molecule has 1 aromatic heterocycles. The molecule has 2 aromatic carbocycles. The Labute approximate surface area is 188 Å². The van der Waals surface area contributed by atoms with Crippen LogP contribution in [0.4, 0.5) is 0 Å². The number of aromatic nitrogens is 1. The van der Waals surface area contributed by atoms with Crippen LogP contribution in [-0.4, -0.2) is 40.9 Å². The lowest BCUT2D eigenvalue weighted by Gasteiger charge is -2.21. The van der Waals surface area contributed by atoms with Gasteiger partial charge in [-0.25, -0.2) is 0 Å². The highest BCUT2D eigenvalue weighted by Crippen LogP contribution is 2.33. The van der Waals surface area contributed by atoms with E-state index in [1.165, 1.54) is 0 Å². The van der Waals surface area contributed by atoms with Crippen LogP contribution >= 0.6 is 0 Å². The van der Waals surface area contributed by atoms with E-state index >= 15 is 0 Å². The molecule has 4 rings (SSSR count). The van der Waals surface area contributed by atoms with Crippen LogP contribution in [0, 0.1) is 5.92 Å². The fraction of sp³-hybridized carbons (Fsp3) is 0.346. The van der Waals surface area contributed by atoms with Crippen LogP contribution in [0.3, 0.4) is 0 Å². The number of amides is 2. The number of nitrogens with zero attached hydrogens (tertiary/aromatic N) is 2. The van der Waals surface area contributed by atoms with Gasteiger partial charge in [0.25, 0.3) is 0 Å². The van der Waals surface area contributed by atoms with Crippen molar-refractivity contribution in [2.75, 3.05) is 13.1 Å². The molecule has 2 heterocycles. The van der Waals surface area contributed by atoms with Gasteiger partial charge in [-0.05, 0) is 54.8 Å². The largest absolute Gasteiger partial charge is 0.490 e. The van der Waals surface area contributed by atoms with Gasteiger partial charge in [-0.2, -0.15) is 0 Å². The number of benzene rings is 2. The van der Waals surface area contributed by atoms with Crippen molar-refractivity contribution in [1.29, 1.82) is 0 Å². The molecule has 0 spiro atoms. The van der Waals surface area contributed by atoms with E-state index in [4.69, 9.17) is 4.74 Å². The van der Waals surface area contributed by atoms with E-state index in [0.717, 1.165) is 33.3 Å². The van der Waals surface area contributed by atoms with Crippen LogP contribution < -0.4 is 10.1 Å². The van der Waals surface area contributed by atoms with Crippen LogP contribution in [-0.2, 0) is 16.1 Å². The van der Waals surface area contributed by atoms with E-state index < -0.39 is 0 Å². The van der Waals surface area contributed by atoms with Gasteiger partial charge in [0.05, 0.1) is 5.52 Å². The molecule has 2 atom stereocenters. The summed E-state index contributed by atoms with van der Waals surface area (Å²) in [5.41, 5.74) is 4.03. The molecule has 166 valence electrons. The maximum absolute atomic E-state index is 11.7. The molecule has 1 N–H and O–H groups in total. The standard InChI is InChI=1S/C26H29N3O3/c1-4-29(18(3)30)16-19-7-9-20(10-8-19)21-12-24-23(6-5-11-27-24)25(13-21)32-17(2)22-14-26(31)28-15-22/h5-13,17,22H,4,14-16H2,1-3H3,(H,28,31)/t17-,22?/m1/s1. The highest BCUT2D eigenvalue weighted by atomic mass is 16.5. The van der Waals surface area contributed by atoms with Gasteiger partial charge < -0.3 is 15.0 Å². The predicted molar refractivity (Wildman–Crippen MR) is 125 cm³/mol. The van der Waals surface area contributed by atoms with Crippen LogP contribution in [0.1, 0.15) is 32.8 Å². The highest BCUT2D eigenvalue weighted by molar-refractivity contribution is 5.90. The number of carbonyl (C=O) groups is 2. The molecule has 2 amide bonds. The number of pyridine rings is 1. The summed E-state index contributed by atoms with van der Waals surface area (Å²) in [6.07, 6.45) is 2.18. The van der Waals surface area contributed by atoms with Crippen molar-refractivity contribution in [1.82, 2.24) is 15.2 Å². The third-order valence-electron chi connectivity index (χ3n) is 6.16. The van der Waals surface area contributed by atoms with E-state index in [0.29, 0.717) is 26.1 Å². The average molecular weight is 432 g/mol. The zero-order valence-corrected chi connectivity index (χ0v) is 18.8. The third kappa shape index (κ3) is 4.74. The van der Waals surface area contributed by atoms with E-state index in [-0.39, 0.29) is 23.8 Å². The maximum Gasteiger partial charge on any atom is 0.220 e. The zero-order valence-electron chi connectivity index (χ0n) is 18.8. The Morgan fingerprint density at radius 1 is 1.22 bits per heavy atom. The Kier molecular flexibility index (Phi) is 6.40. The van der Waals surface area contributed by atoms with Crippen LogP contribution in [0.5, 0.6) is 5.75 Å². The van der Waals surface area contributed by atoms with E-state index in [9.17, 15) is 9.59 Å². The second-order valence-corrected chi connectivity index (χ2v) is 8.37. The first-order chi connectivity index (χ1) is 15.4. The minimum Gasteiger partial charge on any atom is -0.490 e. The van der Waals surface area contributed by atoms with Gasteiger partial charge in [0.15, 0.2) is 0 Å². The molecule has 1 aliphatic heterocycles. The molecule has 0 saturated carbocycles. The number of ether oxygens (including phenoxy) is 1. The lowest BCUT2D eigenvalue weighted by molar-refractivity contribution is -0.129. The molecule has 0 bridgehead atoms. The second kappa shape index (κ2) is 9.39. The number of hydrogen-bond acceptors (Lipinski definition) is 4. The Hall–Kier alpha value is -3.41. The van der Waals surface area contributed by atoms with Gasteiger partial charge in [-0.15, -0.1) is 0 Å². The normalized spacial score (nSPS) is 16.6. The third-order valence-corrected chi connectivity index (χ3v) is 6.16. The zero-order chi connectivity index (χ0) is 22.7. The van der Waals surface area contributed by atoms with Gasteiger partial charge in [0.1, 0.15) is 11.9 Å².